The van der Waals surface area contributed by atoms with Gasteiger partial charge in [-0.2, -0.15) is 5.10 Å². The summed E-state index contributed by atoms with van der Waals surface area (Å²) < 4.78 is 9.17. The van der Waals surface area contributed by atoms with Gasteiger partial charge in [-0.3, -0.25) is 0 Å². The lowest BCUT2D eigenvalue weighted by Gasteiger charge is -2.07. The Morgan fingerprint density at radius 2 is 1.77 bits per heavy atom. The molecule has 2 aromatic heterocycles. The van der Waals surface area contributed by atoms with Crippen molar-refractivity contribution in [2.24, 2.45) is 0 Å². The molecule has 0 saturated carbocycles. The van der Waals surface area contributed by atoms with Gasteiger partial charge < -0.3 is 4.74 Å². The third-order valence-corrected chi connectivity index (χ3v) is 4.34. The molecule has 7 nitrogen and oxygen atoms in total. The summed E-state index contributed by atoms with van der Waals surface area (Å²) in [5.74, 6) is 0.727. The normalized spacial score (nSPS) is 10.8. The summed E-state index contributed by atoms with van der Waals surface area (Å²) in [4.78, 5) is 0. The van der Waals surface area contributed by atoms with Crippen molar-refractivity contribution in [1.82, 2.24) is 30.0 Å². The third-order valence-electron chi connectivity index (χ3n) is 3.96. The Bertz CT molecular complexity index is 996. The van der Waals surface area contributed by atoms with Gasteiger partial charge in [-0.1, -0.05) is 29.8 Å². The number of hydrogen-bond donors (Lipinski definition) is 0. The fourth-order valence-electron chi connectivity index (χ4n) is 2.57. The molecule has 0 aliphatic heterocycles. The number of tetrazole rings is 1. The fourth-order valence-corrected chi connectivity index (χ4v) is 2.89. The maximum Gasteiger partial charge on any atom is 0.143 e. The molecular weight excluding hydrogens is 352 g/mol. The van der Waals surface area contributed by atoms with Crippen LogP contribution in [0.4, 0.5) is 0 Å². The van der Waals surface area contributed by atoms with Gasteiger partial charge in [-0.05, 0) is 53.7 Å². The molecule has 0 spiro atoms. The van der Waals surface area contributed by atoms with Gasteiger partial charge in [0.2, 0.25) is 0 Å². The Kier molecular flexibility index (Phi) is 4.37. The van der Waals surface area contributed by atoms with Crippen LogP contribution in [0.25, 0.3) is 11.4 Å². The molecule has 0 amide bonds. The number of para-hydroxylation sites is 1. The third kappa shape index (κ3) is 3.16. The van der Waals surface area contributed by atoms with Crippen LogP contribution in [0.2, 0.25) is 5.15 Å². The lowest BCUT2D eigenvalue weighted by Crippen LogP contribution is -1.99. The molecule has 26 heavy (non-hydrogen) atoms. The number of aromatic nitrogens is 6. The Labute approximate surface area is 154 Å². The Balaban J connectivity index is 1.51. The van der Waals surface area contributed by atoms with Gasteiger partial charge in [-0.25, -0.2) is 9.36 Å². The van der Waals surface area contributed by atoms with Crippen molar-refractivity contribution in [3.8, 4) is 17.1 Å². The Morgan fingerprint density at radius 1 is 1.00 bits per heavy atom. The number of nitrogens with zero attached hydrogens (tertiary/aromatic N) is 6. The second-order valence-electron chi connectivity index (χ2n) is 5.64. The SMILES string of the molecule is Cc1nn(-c2ccccc2)c(Cl)c1COc1ccc(-n2cnnn2)cc1. The second-order valence-corrected chi connectivity index (χ2v) is 6.00. The minimum atomic E-state index is 0.335. The molecular formula is C18H15ClN6O. The molecule has 0 unspecified atom stereocenters. The molecule has 2 heterocycles. The molecule has 0 aliphatic carbocycles. The van der Waals surface area contributed by atoms with Crippen LogP contribution in [-0.2, 0) is 6.61 Å². The largest absolute Gasteiger partial charge is 0.489 e. The van der Waals surface area contributed by atoms with Gasteiger partial charge in [0.05, 0.1) is 17.1 Å². The second kappa shape index (κ2) is 6.97. The van der Waals surface area contributed by atoms with Gasteiger partial charge >= 0.3 is 0 Å². The molecule has 130 valence electrons. The molecule has 0 bridgehead atoms. The van der Waals surface area contributed by atoms with E-state index in [1.54, 1.807) is 9.36 Å². The number of aryl methyl sites for hydroxylation is 1. The van der Waals surface area contributed by atoms with E-state index in [4.69, 9.17) is 16.3 Å². The summed E-state index contributed by atoms with van der Waals surface area (Å²) in [7, 11) is 0. The highest BCUT2D eigenvalue weighted by Gasteiger charge is 2.15. The van der Waals surface area contributed by atoms with Crippen molar-refractivity contribution in [2.45, 2.75) is 13.5 Å². The van der Waals surface area contributed by atoms with Gasteiger partial charge in [0.25, 0.3) is 0 Å². The molecule has 0 aliphatic rings. The molecule has 0 atom stereocenters. The van der Waals surface area contributed by atoms with Crippen LogP contribution in [0, 0.1) is 6.92 Å². The highest BCUT2D eigenvalue weighted by molar-refractivity contribution is 6.30. The molecule has 4 aromatic rings. The van der Waals surface area contributed by atoms with E-state index in [0.717, 1.165) is 28.4 Å². The first-order valence-corrected chi connectivity index (χ1v) is 8.36. The first-order chi connectivity index (χ1) is 12.7. The molecule has 0 saturated heterocycles. The van der Waals surface area contributed by atoms with Crippen molar-refractivity contribution < 1.29 is 4.74 Å². The van der Waals surface area contributed by atoms with Crippen molar-refractivity contribution in [3.63, 3.8) is 0 Å². The highest BCUT2D eigenvalue weighted by Crippen LogP contribution is 2.25. The monoisotopic (exact) mass is 366 g/mol. The predicted molar refractivity (Wildman–Crippen MR) is 96.8 cm³/mol. The Hall–Kier alpha value is -3.19. The van der Waals surface area contributed by atoms with Crippen LogP contribution in [-0.4, -0.2) is 30.0 Å². The number of benzene rings is 2. The Morgan fingerprint density at radius 3 is 2.46 bits per heavy atom. The maximum absolute atomic E-state index is 6.52. The minimum Gasteiger partial charge on any atom is -0.489 e. The maximum atomic E-state index is 6.52. The van der Waals surface area contributed by atoms with Gasteiger partial charge in [0.1, 0.15) is 23.8 Å². The van der Waals surface area contributed by atoms with E-state index in [0.29, 0.717) is 11.8 Å². The lowest BCUT2D eigenvalue weighted by atomic mass is 10.2. The van der Waals surface area contributed by atoms with Gasteiger partial charge in [-0.15, -0.1) is 5.10 Å². The topological polar surface area (TPSA) is 70.7 Å². The zero-order chi connectivity index (χ0) is 17.9. The van der Waals surface area contributed by atoms with Crippen LogP contribution in [0.1, 0.15) is 11.3 Å². The lowest BCUT2D eigenvalue weighted by molar-refractivity contribution is 0.305. The van der Waals surface area contributed by atoms with Crippen LogP contribution >= 0.6 is 11.6 Å². The van der Waals surface area contributed by atoms with Crippen molar-refractivity contribution in [3.05, 3.63) is 77.3 Å². The minimum absolute atomic E-state index is 0.335. The van der Waals surface area contributed by atoms with E-state index in [1.165, 1.54) is 6.33 Å². The number of halogens is 1. The highest BCUT2D eigenvalue weighted by atomic mass is 35.5. The summed E-state index contributed by atoms with van der Waals surface area (Å²) in [6, 6.07) is 17.3. The van der Waals surface area contributed by atoms with Crippen molar-refractivity contribution in [1.29, 1.82) is 0 Å². The van der Waals surface area contributed by atoms with Gasteiger partial charge in [0.15, 0.2) is 0 Å². The zero-order valence-corrected chi connectivity index (χ0v) is 14.7. The van der Waals surface area contributed by atoms with Crippen molar-refractivity contribution in [2.75, 3.05) is 0 Å². The first-order valence-electron chi connectivity index (χ1n) is 7.98. The van der Waals surface area contributed by atoms with E-state index in [9.17, 15) is 0 Å². The summed E-state index contributed by atoms with van der Waals surface area (Å²) in [5, 5.41) is 16.2. The van der Waals surface area contributed by atoms with E-state index < -0.39 is 0 Å². The first kappa shape index (κ1) is 16.3. The van der Waals surface area contributed by atoms with E-state index in [-0.39, 0.29) is 0 Å². The van der Waals surface area contributed by atoms with Crippen molar-refractivity contribution >= 4 is 11.6 Å². The number of hydrogen-bond acceptors (Lipinski definition) is 5. The molecule has 0 fully saturated rings. The predicted octanol–water partition coefficient (Wildman–Crippen LogP) is 3.39. The van der Waals surface area contributed by atoms with Gasteiger partial charge in [0, 0.05) is 5.56 Å². The number of rotatable bonds is 5. The fraction of sp³-hybridized carbons (Fsp3) is 0.111. The van der Waals surface area contributed by atoms with Crippen LogP contribution < -0.4 is 4.74 Å². The summed E-state index contributed by atoms with van der Waals surface area (Å²) >= 11 is 6.52. The van der Waals surface area contributed by atoms with Crippen LogP contribution in [0.3, 0.4) is 0 Å². The summed E-state index contributed by atoms with van der Waals surface area (Å²) in [5.41, 5.74) is 3.47. The molecule has 4 rings (SSSR count). The summed E-state index contributed by atoms with van der Waals surface area (Å²) in [6.45, 7) is 2.26. The van der Waals surface area contributed by atoms with Crippen LogP contribution in [0.15, 0.2) is 60.9 Å². The average Bonchev–Trinajstić information content (AvgIpc) is 3.30. The number of ether oxygens (including phenoxy) is 1. The molecule has 2 aromatic carbocycles. The molecule has 0 N–H and O–H groups in total. The molecule has 0 radical (unpaired) electrons. The smallest absolute Gasteiger partial charge is 0.143 e. The van der Waals surface area contributed by atoms with E-state index in [1.807, 2.05) is 61.5 Å². The molecule has 8 heteroatoms. The summed E-state index contributed by atoms with van der Waals surface area (Å²) in [6.07, 6.45) is 1.54. The quantitative estimate of drug-likeness (QED) is 0.541. The average molecular weight is 367 g/mol. The zero-order valence-electron chi connectivity index (χ0n) is 14.0. The van der Waals surface area contributed by atoms with E-state index >= 15 is 0 Å². The standard InChI is InChI=1S/C18H15ClN6O/c1-13-17(18(19)25(21-13)15-5-3-2-4-6-15)11-26-16-9-7-14(8-10-16)24-12-20-22-23-24/h2-10,12H,11H2,1H3. The van der Waals surface area contributed by atoms with E-state index in [2.05, 4.69) is 20.6 Å². The van der Waals surface area contributed by atoms with Crippen LogP contribution in [0.5, 0.6) is 5.75 Å².